The zero-order valence-corrected chi connectivity index (χ0v) is 27.4. The van der Waals surface area contributed by atoms with Crippen LogP contribution in [0.3, 0.4) is 0 Å². The fourth-order valence-electron chi connectivity index (χ4n) is 7.49. The molecule has 6 aromatic carbocycles. The van der Waals surface area contributed by atoms with Crippen molar-refractivity contribution in [1.82, 2.24) is 4.98 Å². The SMILES string of the molecule is Cc1cc(-c2cccc3c2oc2ccccc23)c(C)cc1-c1cncc(-c2cc(C)c(-c3cccc4c3oc3ccccc34)cc2C)c1. The predicted octanol–water partition coefficient (Wildman–Crippen LogP) is 12.8. The van der Waals surface area contributed by atoms with Crippen LogP contribution in [-0.2, 0) is 0 Å². The van der Waals surface area contributed by atoms with Crippen molar-refractivity contribution < 1.29 is 8.83 Å². The van der Waals surface area contributed by atoms with E-state index >= 15 is 0 Å². The molecule has 3 heterocycles. The molecule has 230 valence electrons. The number of nitrogens with zero attached hydrogens (tertiary/aromatic N) is 1. The van der Waals surface area contributed by atoms with E-state index in [9.17, 15) is 0 Å². The highest BCUT2D eigenvalue weighted by molar-refractivity contribution is 6.11. The minimum absolute atomic E-state index is 0.916. The number of aromatic nitrogens is 1. The van der Waals surface area contributed by atoms with Gasteiger partial charge in [0.2, 0.25) is 0 Å². The Hall–Kier alpha value is -5.93. The van der Waals surface area contributed by atoms with Gasteiger partial charge in [-0.3, -0.25) is 4.98 Å². The number of benzene rings is 6. The van der Waals surface area contributed by atoms with Crippen LogP contribution in [0.5, 0.6) is 0 Å². The maximum absolute atomic E-state index is 6.39. The highest BCUT2D eigenvalue weighted by Gasteiger charge is 2.18. The van der Waals surface area contributed by atoms with E-state index in [4.69, 9.17) is 13.8 Å². The van der Waals surface area contributed by atoms with Crippen LogP contribution in [0.2, 0.25) is 0 Å². The van der Waals surface area contributed by atoms with Crippen LogP contribution in [0.25, 0.3) is 88.4 Å². The fourth-order valence-corrected chi connectivity index (χ4v) is 7.49. The van der Waals surface area contributed by atoms with Gasteiger partial charge in [-0.25, -0.2) is 0 Å². The summed E-state index contributed by atoms with van der Waals surface area (Å²) in [4.78, 5) is 4.74. The number of aryl methyl sites for hydroxylation is 4. The van der Waals surface area contributed by atoms with Crippen molar-refractivity contribution in [2.75, 3.05) is 0 Å². The Morgan fingerprint density at radius 2 is 0.771 bits per heavy atom. The van der Waals surface area contributed by atoms with Gasteiger partial charge in [0.25, 0.3) is 0 Å². The van der Waals surface area contributed by atoms with Crippen LogP contribution in [0, 0.1) is 27.7 Å². The summed E-state index contributed by atoms with van der Waals surface area (Å²) in [6.45, 7) is 8.75. The molecular formula is C45H33NO2. The molecule has 0 N–H and O–H groups in total. The standard InChI is InChI=1S/C45H33NO2/c1-26-21-40(36-15-9-13-34-32-11-5-7-17-42(32)47-44(34)36)28(3)19-38(26)30-23-31(25-46-24-30)39-20-29(4)41(22-27(39)2)37-16-10-14-35-33-12-6-8-18-43(33)48-45(35)37/h5-25H,1-4H3. The first-order valence-electron chi connectivity index (χ1n) is 16.4. The third-order valence-corrected chi connectivity index (χ3v) is 9.89. The third-order valence-electron chi connectivity index (χ3n) is 9.89. The number of fused-ring (bicyclic) bond motifs is 6. The maximum Gasteiger partial charge on any atom is 0.143 e. The molecule has 0 aliphatic carbocycles. The van der Waals surface area contributed by atoms with Gasteiger partial charge < -0.3 is 8.83 Å². The number of rotatable bonds is 4. The molecule has 9 rings (SSSR count). The Bertz CT molecular complexity index is 2540. The molecule has 48 heavy (non-hydrogen) atoms. The Balaban J connectivity index is 1.10. The second-order valence-corrected chi connectivity index (χ2v) is 13.0. The summed E-state index contributed by atoms with van der Waals surface area (Å²) in [6.07, 6.45) is 3.95. The minimum atomic E-state index is 0.916. The first kappa shape index (κ1) is 28.3. The molecule has 0 aliphatic heterocycles. The first-order valence-corrected chi connectivity index (χ1v) is 16.4. The number of furan rings is 2. The zero-order chi connectivity index (χ0) is 32.5. The molecule has 0 bridgehead atoms. The van der Waals surface area contributed by atoms with E-state index < -0.39 is 0 Å². The second-order valence-electron chi connectivity index (χ2n) is 13.0. The Morgan fingerprint density at radius 1 is 0.375 bits per heavy atom. The monoisotopic (exact) mass is 619 g/mol. The smallest absolute Gasteiger partial charge is 0.143 e. The lowest BCUT2D eigenvalue weighted by molar-refractivity contribution is 0.669. The van der Waals surface area contributed by atoms with Crippen LogP contribution in [0.15, 0.2) is 136 Å². The molecule has 3 nitrogen and oxygen atoms in total. The molecule has 0 atom stereocenters. The van der Waals surface area contributed by atoms with Crippen molar-refractivity contribution in [2.24, 2.45) is 0 Å². The predicted molar refractivity (Wildman–Crippen MR) is 199 cm³/mol. The Kier molecular flexibility index (Phi) is 6.38. The van der Waals surface area contributed by atoms with E-state index in [1.54, 1.807) is 0 Å². The van der Waals surface area contributed by atoms with Crippen molar-refractivity contribution in [3.05, 3.63) is 150 Å². The largest absolute Gasteiger partial charge is 0.455 e. The summed E-state index contributed by atoms with van der Waals surface area (Å²) < 4.78 is 12.8. The molecule has 0 saturated heterocycles. The Morgan fingerprint density at radius 3 is 1.25 bits per heavy atom. The molecule has 0 spiro atoms. The van der Waals surface area contributed by atoms with Crippen LogP contribution in [-0.4, -0.2) is 4.98 Å². The lowest BCUT2D eigenvalue weighted by Gasteiger charge is -2.16. The van der Waals surface area contributed by atoms with Gasteiger partial charge in [-0.05, 0) is 90.4 Å². The average Bonchev–Trinajstić information content (AvgIpc) is 3.69. The van der Waals surface area contributed by atoms with Gasteiger partial charge in [0.1, 0.15) is 22.3 Å². The quantitative estimate of drug-likeness (QED) is 0.197. The van der Waals surface area contributed by atoms with Crippen LogP contribution < -0.4 is 0 Å². The van der Waals surface area contributed by atoms with Crippen molar-refractivity contribution in [3.63, 3.8) is 0 Å². The van der Waals surface area contributed by atoms with E-state index in [1.807, 2.05) is 36.7 Å². The molecular weight excluding hydrogens is 587 g/mol. The van der Waals surface area contributed by atoms with E-state index in [2.05, 4.69) is 119 Å². The van der Waals surface area contributed by atoms with E-state index in [-0.39, 0.29) is 0 Å². The van der Waals surface area contributed by atoms with Gasteiger partial charge in [0.15, 0.2) is 0 Å². The van der Waals surface area contributed by atoms with Crippen molar-refractivity contribution in [1.29, 1.82) is 0 Å². The van der Waals surface area contributed by atoms with Gasteiger partial charge in [-0.2, -0.15) is 0 Å². The highest BCUT2D eigenvalue weighted by Crippen LogP contribution is 2.41. The summed E-state index contributed by atoms with van der Waals surface area (Å²) in [6, 6.07) is 40.8. The average molecular weight is 620 g/mol. The van der Waals surface area contributed by atoms with Crippen LogP contribution in [0.4, 0.5) is 0 Å². The van der Waals surface area contributed by atoms with Crippen LogP contribution in [0.1, 0.15) is 22.3 Å². The van der Waals surface area contributed by atoms with Gasteiger partial charge in [0.05, 0.1) is 0 Å². The number of pyridine rings is 1. The van der Waals surface area contributed by atoms with Crippen LogP contribution >= 0.6 is 0 Å². The van der Waals surface area contributed by atoms with Gasteiger partial charge >= 0.3 is 0 Å². The molecule has 0 fully saturated rings. The molecule has 9 aromatic rings. The fraction of sp³-hybridized carbons (Fsp3) is 0.0889. The van der Waals surface area contributed by atoms with Crippen molar-refractivity contribution >= 4 is 43.9 Å². The Labute approximate surface area is 279 Å². The maximum atomic E-state index is 6.39. The molecule has 3 aromatic heterocycles. The van der Waals surface area contributed by atoms with Gasteiger partial charge in [-0.1, -0.05) is 97.1 Å². The third kappa shape index (κ3) is 4.39. The summed E-state index contributed by atoms with van der Waals surface area (Å²) in [5.41, 5.74) is 17.7. The molecule has 0 saturated carbocycles. The first-order chi connectivity index (χ1) is 23.4. The number of hydrogen-bond acceptors (Lipinski definition) is 3. The van der Waals surface area contributed by atoms with Crippen molar-refractivity contribution in [3.8, 4) is 44.5 Å². The number of hydrogen-bond donors (Lipinski definition) is 0. The topological polar surface area (TPSA) is 39.2 Å². The molecule has 0 amide bonds. The lowest BCUT2D eigenvalue weighted by Crippen LogP contribution is -1.94. The second kappa shape index (κ2) is 10.8. The molecule has 0 radical (unpaired) electrons. The van der Waals surface area contributed by atoms with Gasteiger partial charge in [0, 0.05) is 56.2 Å². The van der Waals surface area contributed by atoms with E-state index in [1.165, 1.54) is 44.5 Å². The number of para-hydroxylation sites is 4. The summed E-state index contributed by atoms with van der Waals surface area (Å²) in [7, 11) is 0. The van der Waals surface area contributed by atoms with E-state index in [0.29, 0.717) is 0 Å². The summed E-state index contributed by atoms with van der Waals surface area (Å²) in [5.74, 6) is 0. The minimum Gasteiger partial charge on any atom is -0.455 e. The normalized spacial score (nSPS) is 11.8. The van der Waals surface area contributed by atoms with Gasteiger partial charge in [-0.15, -0.1) is 0 Å². The summed E-state index contributed by atoms with van der Waals surface area (Å²) >= 11 is 0. The van der Waals surface area contributed by atoms with E-state index in [0.717, 1.165) is 66.1 Å². The summed E-state index contributed by atoms with van der Waals surface area (Å²) in [5, 5.41) is 4.58. The molecule has 0 unspecified atom stereocenters. The zero-order valence-electron chi connectivity index (χ0n) is 27.4. The molecule has 0 aliphatic rings. The van der Waals surface area contributed by atoms with Crippen molar-refractivity contribution in [2.45, 2.75) is 27.7 Å². The lowest BCUT2D eigenvalue weighted by atomic mass is 9.89. The highest BCUT2D eigenvalue weighted by atomic mass is 16.3. The molecule has 3 heteroatoms.